The van der Waals surface area contributed by atoms with Gasteiger partial charge in [0.25, 0.3) is 5.91 Å². The Morgan fingerprint density at radius 3 is 2.39 bits per heavy atom. The number of pyridine rings is 1. The van der Waals surface area contributed by atoms with Gasteiger partial charge in [-0.3, -0.25) is 9.78 Å². The van der Waals surface area contributed by atoms with E-state index in [9.17, 15) is 18.0 Å². The van der Waals surface area contributed by atoms with Crippen LogP contribution in [0.1, 0.15) is 29.9 Å². The molecule has 0 bridgehead atoms. The van der Waals surface area contributed by atoms with Crippen molar-refractivity contribution in [2.24, 2.45) is 5.92 Å². The fourth-order valence-corrected chi connectivity index (χ4v) is 1.88. The van der Waals surface area contributed by atoms with Crippen molar-refractivity contribution in [2.75, 3.05) is 0 Å². The van der Waals surface area contributed by atoms with E-state index in [1.54, 1.807) is 0 Å². The van der Waals surface area contributed by atoms with Gasteiger partial charge in [0.15, 0.2) is 0 Å². The zero-order valence-corrected chi connectivity index (χ0v) is 12.6. The van der Waals surface area contributed by atoms with E-state index in [0.29, 0.717) is 6.54 Å². The number of nitrogens with zero attached hydrogens (tertiary/aromatic N) is 4. The summed E-state index contributed by atoms with van der Waals surface area (Å²) in [6.07, 6.45) is -0.555. The van der Waals surface area contributed by atoms with Gasteiger partial charge in [-0.1, -0.05) is 13.8 Å². The number of carbonyl (C=O) groups excluding carboxylic acids is 1. The molecule has 0 saturated carbocycles. The Balaban J connectivity index is 2.06. The molecule has 2 rings (SSSR count). The van der Waals surface area contributed by atoms with Gasteiger partial charge in [0.1, 0.15) is 5.69 Å². The van der Waals surface area contributed by atoms with Gasteiger partial charge in [0, 0.05) is 6.20 Å². The number of hydrogen-bond donors (Lipinski definition) is 1. The van der Waals surface area contributed by atoms with Gasteiger partial charge >= 0.3 is 6.18 Å². The Hall–Kier alpha value is -2.45. The predicted molar refractivity (Wildman–Crippen MR) is 75.4 cm³/mol. The number of aromatic nitrogens is 4. The Bertz CT molecular complexity index is 637. The third-order valence-electron chi connectivity index (χ3n) is 3.26. The topological polar surface area (TPSA) is 72.7 Å². The molecule has 0 saturated heterocycles. The summed E-state index contributed by atoms with van der Waals surface area (Å²) in [6.45, 7) is 4.20. The Labute approximate surface area is 130 Å². The Morgan fingerprint density at radius 2 is 1.91 bits per heavy atom. The number of halogens is 3. The summed E-state index contributed by atoms with van der Waals surface area (Å²) in [5.74, 6) is -0.399. The number of amides is 1. The highest BCUT2D eigenvalue weighted by Crippen LogP contribution is 2.27. The lowest BCUT2D eigenvalue weighted by Gasteiger charge is -2.21. The molecule has 9 heteroatoms. The molecular formula is C14H16F3N5O. The number of hydrogen-bond acceptors (Lipinski definition) is 4. The second-order valence-electron chi connectivity index (χ2n) is 5.34. The van der Waals surface area contributed by atoms with Gasteiger partial charge in [0.05, 0.1) is 30.5 Å². The summed E-state index contributed by atoms with van der Waals surface area (Å²) < 4.78 is 37.4. The van der Waals surface area contributed by atoms with Crippen LogP contribution in [0, 0.1) is 5.92 Å². The van der Waals surface area contributed by atoms with Gasteiger partial charge < -0.3 is 5.32 Å². The number of rotatable bonds is 5. The molecule has 0 unspecified atom stereocenters. The molecule has 0 spiro atoms. The second kappa shape index (κ2) is 6.76. The van der Waals surface area contributed by atoms with Gasteiger partial charge in [-0.15, -0.1) is 0 Å². The van der Waals surface area contributed by atoms with Gasteiger partial charge in [0.2, 0.25) is 0 Å². The molecule has 1 atom stereocenters. The quantitative estimate of drug-likeness (QED) is 0.913. The number of nitrogens with one attached hydrogen (secondary N) is 1. The summed E-state index contributed by atoms with van der Waals surface area (Å²) in [5, 5.41) is 10.7. The minimum atomic E-state index is -4.53. The van der Waals surface area contributed by atoms with E-state index < -0.39 is 17.8 Å². The standard InChI is InChI=1S/C14H16F3N5O/c1-9(2)11(8-22-19-5-6-20-22)21-13(23)10-3-4-12(18-7-10)14(15,16)17/h3-7,9,11H,8H2,1-2H3,(H,21,23)/t11-/m0/s1. The minimum absolute atomic E-state index is 0.0667. The monoisotopic (exact) mass is 327 g/mol. The molecule has 6 nitrogen and oxygen atoms in total. The molecule has 0 aliphatic carbocycles. The first kappa shape index (κ1) is 16.9. The molecule has 0 aliphatic rings. The van der Waals surface area contributed by atoms with Crippen LogP contribution in [-0.2, 0) is 12.7 Å². The third kappa shape index (κ3) is 4.51. The lowest BCUT2D eigenvalue weighted by molar-refractivity contribution is -0.141. The zero-order valence-electron chi connectivity index (χ0n) is 12.6. The normalized spacial score (nSPS) is 13.1. The number of alkyl halides is 3. The smallest absolute Gasteiger partial charge is 0.347 e. The lowest BCUT2D eigenvalue weighted by Crippen LogP contribution is -2.42. The Kier molecular flexibility index (Phi) is 4.97. The first-order chi connectivity index (χ1) is 10.8. The molecule has 2 heterocycles. The van der Waals surface area contributed by atoms with Crippen molar-refractivity contribution in [3.05, 3.63) is 42.0 Å². The summed E-state index contributed by atoms with van der Waals surface area (Å²) in [7, 11) is 0. The summed E-state index contributed by atoms with van der Waals surface area (Å²) >= 11 is 0. The van der Waals surface area contributed by atoms with E-state index in [2.05, 4.69) is 20.5 Å². The highest BCUT2D eigenvalue weighted by molar-refractivity contribution is 5.94. The molecule has 2 aromatic rings. The lowest BCUT2D eigenvalue weighted by atomic mass is 10.0. The van der Waals surface area contributed by atoms with E-state index in [0.717, 1.165) is 18.3 Å². The van der Waals surface area contributed by atoms with Crippen molar-refractivity contribution in [2.45, 2.75) is 32.6 Å². The molecule has 1 N–H and O–H groups in total. The van der Waals surface area contributed by atoms with Gasteiger partial charge in [-0.25, -0.2) is 0 Å². The fourth-order valence-electron chi connectivity index (χ4n) is 1.88. The average Bonchev–Trinajstić information content (AvgIpc) is 2.98. The molecule has 0 fully saturated rings. The van der Waals surface area contributed by atoms with Crippen LogP contribution in [0.3, 0.4) is 0 Å². The SMILES string of the molecule is CC(C)[C@H](Cn1nccn1)NC(=O)c1ccc(C(F)(F)F)nc1. The molecule has 2 aromatic heterocycles. The van der Waals surface area contributed by atoms with Crippen LogP contribution in [0.15, 0.2) is 30.7 Å². The number of carbonyl (C=O) groups is 1. The molecule has 23 heavy (non-hydrogen) atoms. The van der Waals surface area contributed by atoms with Crippen LogP contribution in [0.4, 0.5) is 13.2 Å². The first-order valence-corrected chi connectivity index (χ1v) is 6.95. The van der Waals surface area contributed by atoms with E-state index in [1.807, 2.05) is 13.8 Å². The van der Waals surface area contributed by atoms with E-state index in [4.69, 9.17) is 0 Å². The highest BCUT2D eigenvalue weighted by Gasteiger charge is 2.32. The third-order valence-corrected chi connectivity index (χ3v) is 3.26. The van der Waals surface area contributed by atoms with Crippen molar-refractivity contribution in [1.82, 2.24) is 25.3 Å². The van der Waals surface area contributed by atoms with Crippen LogP contribution in [-0.4, -0.2) is 31.9 Å². The molecular weight excluding hydrogens is 311 g/mol. The highest BCUT2D eigenvalue weighted by atomic mass is 19.4. The molecule has 124 valence electrons. The predicted octanol–water partition coefficient (Wildman–Crippen LogP) is 2.15. The van der Waals surface area contributed by atoms with Crippen LogP contribution in [0.25, 0.3) is 0 Å². The average molecular weight is 327 g/mol. The van der Waals surface area contributed by atoms with Crippen molar-refractivity contribution in [3.8, 4) is 0 Å². The van der Waals surface area contributed by atoms with E-state index >= 15 is 0 Å². The second-order valence-corrected chi connectivity index (χ2v) is 5.34. The molecule has 0 aromatic carbocycles. The molecule has 0 aliphatic heterocycles. The Morgan fingerprint density at radius 1 is 1.26 bits per heavy atom. The first-order valence-electron chi connectivity index (χ1n) is 6.95. The maximum atomic E-state index is 12.5. The van der Waals surface area contributed by atoms with Crippen molar-refractivity contribution in [1.29, 1.82) is 0 Å². The van der Waals surface area contributed by atoms with Crippen LogP contribution in [0.5, 0.6) is 0 Å². The zero-order chi connectivity index (χ0) is 17.0. The van der Waals surface area contributed by atoms with Crippen LogP contribution >= 0.6 is 0 Å². The van der Waals surface area contributed by atoms with E-state index in [1.165, 1.54) is 17.2 Å². The van der Waals surface area contributed by atoms with Crippen molar-refractivity contribution in [3.63, 3.8) is 0 Å². The minimum Gasteiger partial charge on any atom is -0.347 e. The maximum absolute atomic E-state index is 12.5. The van der Waals surface area contributed by atoms with E-state index in [-0.39, 0.29) is 17.5 Å². The van der Waals surface area contributed by atoms with Crippen LogP contribution in [0.2, 0.25) is 0 Å². The molecule has 0 radical (unpaired) electrons. The van der Waals surface area contributed by atoms with Crippen molar-refractivity contribution >= 4 is 5.91 Å². The fraction of sp³-hybridized carbons (Fsp3) is 0.429. The molecule has 1 amide bonds. The summed E-state index contributed by atoms with van der Waals surface area (Å²) in [5.41, 5.74) is -0.965. The maximum Gasteiger partial charge on any atom is 0.433 e. The summed E-state index contributed by atoms with van der Waals surface area (Å²) in [6, 6.07) is 1.63. The van der Waals surface area contributed by atoms with Gasteiger partial charge in [-0.2, -0.15) is 28.2 Å². The van der Waals surface area contributed by atoms with Gasteiger partial charge in [-0.05, 0) is 18.1 Å². The van der Waals surface area contributed by atoms with Crippen molar-refractivity contribution < 1.29 is 18.0 Å². The largest absolute Gasteiger partial charge is 0.433 e. The van der Waals surface area contributed by atoms with Crippen LogP contribution < -0.4 is 5.32 Å². The summed E-state index contributed by atoms with van der Waals surface area (Å²) in [4.78, 5) is 16.9.